The van der Waals surface area contributed by atoms with Gasteiger partial charge in [0.05, 0.1) is 19.8 Å². The van der Waals surface area contributed by atoms with E-state index >= 15 is 0 Å². The lowest BCUT2D eigenvalue weighted by Crippen LogP contribution is -2.20. The predicted molar refractivity (Wildman–Crippen MR) is 69.0 cm³/mol. The van der Waals surface area contributed by atoms with Crippen LogP contribution >= 0.6 is 0 Å². The van der Waals surface area contributed by atoms with Crippen molar-refractivity contribution < 1.29 is 19.0 Å². The Morgan fingerprint density at radius 3 is 2.39 bits per heavy atom. The molecule has 0 amide bonds. The highest BCUT2D eigenvalue weighted by Gasteiger charge is 2.16. The monoisotopic (exact) mass is 253 g/mol. The van der Waals surface area contributed by atoms with Crippen LogP contribution in [0.25, 0.3) is 0 Å². The number of aldehydes is 1. The van der Waals surface area contributed by atoms with Gasteiger partial charge in [0.1, 0.15) is 6.61 Å². The van der Waals surface area contributed by atoms with Crippen molar-refractivity contribution in [3.63, 3.8) is 0 Å². The molecule has 0 radical (unpaired) electrons. The van der Waals surface area contributed by atoms with E-state index in [4.69, 9.17) is 14.2 Å². The third kappa shape index (κ3) is 3.37. The first kappa shape index (κ1) is 14.3. The Kier molecular flexibility index (Phi) is 5.45. The Morgan fingerprint density at radius 2 is 1.89 bits per heavy atom. The first-order valence-electron chi connectivity index (χ1n) is 5.61. The van der Waals surface area contributed by atoms with Gasteiger partial charge in [-0.15, -0.1) is 0 Å². The quantitative estimate of drug-likeness (QED) is 0.688. The summed E-state index contributed by atoms with van der Waals surface area (Å²) in [6.07, 6.45) is 0.743. The van der Waals surface area contributed by atoms with E-state index in [1.165, 1.54) is 7.11 Å². The molecule has 0 spiro atoms. The highest BCUT2D eigenvalue weighted by Crippen LogP contribution is 2.39. The van der Waals surface area contributed by atoms with E-state index in [0.29, 0.717) is 29.4 Å². The SMILES string of the molecule is COc1ccc(C=O)c(OCCN(C)C)c1OC. The van der Waals surface area contributed by atoms with Crippen molar-refractivity contribution in [2.75, 3.05) is 41.5 Å². The smallest absolute Gasteiger partial charge is 0.204 e. The van der Waals surface area contributed by atoms with Crippen molar-refractivity contribution in [2.45, 2.75) is 0 Å². The maximum Gasteiger partial charge on any atom is 0.204 e. The van der Waals surface area contributed by atoms with Gasteiger partial charge in [0.25, 0.3) is 0 Å². The topological polar surface area (TPSA) is 48.0 Å². The molecule has 0 bridgehead atoms. The zero-order valence-electron chi connectivity index (χ0n) is 11.2. The fourth-order valence-corrected chi connectivity index (χ4v) is 1.49. The minimum atomic E-state index is 0.425. The molecule has 0 aromatic heterocycles. The van der Waals surface area contributed by atoms with Gasteiger partial charge in [-0.05, 0) is 26.2 Å². The highest BCUT2D eigenvalue weighted by atomic mass is 16.5. The van der Waals surface area contributed by atoms with Crippen LogP contribution in [0.3, 0.4) is 0 Å². The van der Waals surface area contributed by atoms with Crippen LogP contribution in [0, 0.1) is 0 Å². The zero-order chi connectivity index (χ0) is 13.5. The van der Waals surface area contributed by atoms with E-state index in [-0.39, 0.29) is 0 Å². The number of likely N-dealkylation sites (N-methyl/N-ethyl adjacent to an activating group) is 1. The second-order valence-corrected chi connectivity index (χ2v) is 3.99. The first-order valence-corrected chi connectivity index (χ1v) is 5.61. The summed E-state index contributed by atoms with van der Waals surface area (Å²) >= 11 is 0. The molecular formula is C13H19NO4. The molecule has 0 saturated carbocycles. The van der Waals surface area contributed by atoms with E-state index in [1.807, 2.05) is 19.0 Å². The number of carbonyl (C=O) groups excluding carboxylic acids is 1. The van der Waals surface area contributed by atoms with Crippen LogP contribution in [0.1, 0.15) is 10.4 Å². The minimum absolute atomic E-state index is 0.425. The maximum absolute atomic E-state index is 11.0. The molecular weight excluding hydrogens is 234 g/mol. The largest absolute Gasteiger partial charge is 0.493 e. The van der Waals surface area contributed by atoms with Gasteiger partial charge in [-0.3, -0.25) is 4.79 Å². The molecule has 1 rings (SSSR count). The molecule has 0 unspecified atom stereocenters. The van der Waals surface area contributed by atoms with Gasteiger partial charge in [-0.2, -0.15) is 0 Å². The summed E-state index contributed by atoms with van der Waals surface area (Å²) in [6, 6.07) is 3.33. The summed E-state index contributed by atoms with van der Waals surface area (Å²) in [7, 11) is 6.97. The highest BCUT2D eigenvalue weighted by molar-refractivity contribution is 5.82. The van der Waals surface area contributed by atoms with Gasteiger partial charge in [0.2, 0.25) is 5.75 Å². The van der Waals surface area contributed by atoms with Crippen molar-refractivity contribution >= 4 is 6.29 Å². The summed E-state index contributed by atoms with van der Waals surface area (Å²) in [5.74, 6) is 1.41. The van der Waals surface area contributed by atoms with Crippen molar-refractivity contribution in [1.82, 2.24) is 4.90 Å². The number of rotatable bonds is 7. The number of hydrogen-bond acceptors (Lipinski definition) is 5. The van der Waals surface area contributed by atoms with Crippen molar-refractivity contribution in [3.8, 4) is 17.2 Å². The second kappa shape index (κ2) is 6.86. The summed E-state index contributed by atoms with van der Waals surface area (Å²) < 4.78 is 16.0. The van der Waals surface area contributed by atoms with E-state index in [1.54, 1.807) is 19.2 Å². The fraction of sp³-hybridized carbons (Fsp3) is 0.462. The first-order chi connectivity index (χ1) is 8.63. The van der Waals surface area contributed by atoms with Crippen LogP contribution in [0.2, 0.25) is 0 Å². The van der Waals surface area contributed by atoms with Gasteiger partial charge >= 0.3 is 0 Å². The number of nitrogens with zero attached hydrogens (tertiary/aromatic N) is 1. The van der Waals surface area contributed by atoms with E-state index in [2.05, 4.69) is 0 Å². The number of methoxy groups -OCH3 is 2. The van der Waals surface area contributed by atoms with E-state index in [0.717, 1.165) is 12.8 Å². The molecule has 0 atom stereocenters. The van der Waals surface area contributed by atoms with Crippen LogP contribution in [0.5, 0.6) is 17.2 Å². The molecule has 18 heavy (non-hydrogen) atoms. The van der Waals surface area contributed by atoms with Crippen LogP contribution < -0.4 is 14.2 Å². The summed E-state index contributed by atoms with van der Waals surface area (Å²) in [4.78, 5) is 13.0. The molecule has 1 aromatic carbocycles. The van der Waals surface area contributed by atoms with Gasteiger partial charge in [0, 0.05) is 6.54 Å². The lowest BCUT2D eigenvalue weighted by Gasteiger charge is -2.16. The number of carbonyl (C=O) groups is 1. The van der Waals surface area contributed by atoms with Gasteiger partial charge in [-0.25, -0.2) is 0 Å². The zero-order valence-corrected chi connectivity index (χ0v) is 11.2. The van der Waals surface area contributed by atoms with Crippen LogP contribution in [-0.4, -0.2) is 52.7 Å². The van der Waals surface area contributed by atoms with Gasteiger partial charge < -0.3 is 19.1 Å². The number of benzene rings is 1. The maximum atomic E-state index is 11.0. The Morgan fingerprint density at radius 1 is 1.17 bits per heavy atom. The average Bonchev–Trinajstić information content (AvgIpc) is 2.37. The molecule has 0 saturated heterocycles. The minimum Gasteiger partial charge on any atom is -0.493 e. The van der Waals surface area contributed by atoms with E-state index in [9.17, 15) is 4.79 Å². The average molecular weight is 253 g/mol. The number of ether oxygens (including phenoxy) is 3. The molecule has 0 aliphatic carbocycles. The molecule has 0 N–H and O–H groups in total. The summed E-state index contributed by atoms with van der Waals surface area (Å²) in [6.45, 7) is 1.22. The second-order valence-electron chi connectivity index (χ2n) is 3.99. The fourth-order valence-electron chi connectivity index (χ4n) is 1.49. The van der Waals surface area contributed by atoms with Crippen LogP contribution in [0.4, 0.5) is 0 Å². The standard InChI is InChI=1S/C13H19NO4/c1-14(2)7-8-18-12-10(9-15)5-6-11(16-3)13(12)17-4/h5-6,9H,7-8H2,1-4H3. The lowest BCUT2D eigenvalue weighted by atomic mass is 10.2. The predicted octanol–water partition coefficient (Wildman–Crippen LogP) is 1.46. The van der Waals surface area contributed by atoms with Crippen LogP contribution in [0.15, 0.2) is 12.1 Å². The van der Waals surface area contributed by atoms with E-state index < -0.39 is 0 Å². The van der Waals surface area contributed by atoms with Crippen molar-refractivity contribution in [1.29, 1.82) is 0 Å². The summed E-state index contributed by atoms with van der Waals surface area (Å²) in [5.41, 5.74) is 0.450. The third-order valence-electron chi connectivity index (χ3n) is 2.44. The Bertz CT molecular complexity index is 404. The van der Waals surface area contributed by atoms with Crippen molar-refractivity contribution in [3.05, 3.63) is 17.7 Å². The molecule has 1 aromatic rings. The Labute approximate surface area is 107 Å². The third-order valence-corrected chi connectivity index (χ3v) is 2.44. The Balaban J connectivity index is 3.00. The Hall–Kier alpha value is -1.75. The molecule has 0 heterocycles. The van der Waals surface area contributed by atoms with Gasteiger partial charge in [0.15, 0.2) is 17.8 Å². The molecule has 0 fully saturated rings. The normalized spacial score (nSPS) is 10.3. The molecule has 0 aliphatic rings. The van der Waals surface area contributed by atoms with Gasteiger partial charge in [-0.1, -0.05) is 0 Å². The van der Waals surface area contributed by atoms with Crippen molar-refractivity contribution in [2.24, 2.45) is 0 Å². The number of hydrogen-bond donors (Lipinski definition) is 0. The molecule has 5 nitrogen and oxygen atoms in total. The molecule has 100 valence electrons. The molecule has 5 heteroatoms. The summed E-state index contributed by atoms with van der Waals surface area (Å²) in [5, 5.41) is 0. The lowest BCUT2D eigenvalue weighted by molar-refractivity contribution is 0.111. The molecule has 0 aliphatic heterocycles. The van der Waals surface area contributed by atoms with Crippen LogP contribution in [-0.2, 0) is 0 Å².